The Balaban J connectivity index is 2.00. The molecular formula is C18H36O6. The van der Waals surface area contributed by atoms with E-state index in [1.807, 2.05) is 0 Å². The van der Waals surface area contributed by atoms with Crippen LogP contribution in [-0.2, 0) is 28.4 Å². The van der Waals surface area contributed by atoms with E-state index in [4.69, 9.17) is 28.4 Å². The summed E-state index contributed by atoms with van der Waals surface area (Å²) < 4.78 is 32.8. The first kappa shape index (κ1) is 21.8. The summed E-state index contributed by atoms with van der Waals surface area (Å²) in [6, 6.07) is 0. The van der Waals surface area contributed by atoms with Crippen molar-refractivity contribution < 1.29 is 28.4 Å². The van der Waals surface area contributed by atoms with E-state index in [1.54, 1.807) is 0 Å². The highest BCUT2D eigenvalue weighted by Gasteiger charge is 1.96. The van der Waals surface area contributed by atoms with Gasteiger partial charge in [0, 0.05) is 13.2 Å². The molecule has 1 saturated heterocycles. The summed E-state index contributed by atoms with van der Waals surface area (Å²) in [6.45, 7) is 7.84. The van der Waals surface area contributed by atoms with Crippen molar-refractivity contribution >= 4 is 0 Å². The molecule has 0 aromatic rings. The lowest BCUT2D eigenvalue weighted by Crippen LogP contribution is -2.14. The third kappa shape index (κ3) is 16.6. The fourth-order valence-corrected chi connectivity index (χ4v) is 2.32. The monoisotopic (exact) mass is 348 g/mol. The molecule has 0 saturated carbocycles. The molecule has 0 N–H and O–H groups in total. The van der Waals surface area contributed by atoms with Crippen LogP contribution in [0.3, 0.4) is 0 Å². The molecule has 0 atom stereocenters. The number of rotatable bonds is 0. The topological polar surface area (TPSA) is 55.4 Å². The molecule has 0 unspecified atom stereocenters. The smallest absolute Gasteiger partial charge is 0.0701 e. The average Bonchev–Trinajstić information content (AvgIpc) is 2.59. The maximum Gasteiger partial charge on any atom is 0.0701 e. The van der Waals surface area contributed by atoms with Crippen molar-refractivity contribution in [3.8, 4) is 0 Å². The minimum atomic E-state index is 0.586. The summed E-state index contributed by atoms with van der Waals surface area (Å²) in [6.07, 6.45) is 7.31. The Labute approximate surface area is 147 Å². The zero-order valence-corrected chi connectivity index (χ0v) is 15.2. The van der Waals surface area contributed by atoms with Gasteiger partial charge in [-0.3, -0.25) is 0 Å². The van der Waals surface area contributed by atoms with Crippen LogP contribution in [0, 0.1) is 0 Å². The second kappa shape index (κ2) is 19.1. The molecular weight excluding hydrogens is 312 g/mol. The van der Waals surface area contributed by atoms with Crippen molar-refractivity contribution in [1.82, 2.24) is 0 Å². The molecule has 0 aliphatic carbocycles. The van der Waals surface area contributed by atoms with Crippen LogP contribution in [0.4, 0.5) is 0 Å². The van der Waals surface area contributed by atoms with Crippen molar-refractivity contribution in [2.24, 2.45) is 0 Å². The van der Waals surface area contributed by atoms with Gasteiger partial charge in [-0.05, 0) is 12.8 Å². The minimum absolute atomic E-state index is 0.586. The second-order valence-electron chi connectivity index (χ2n) is 5.80. The predicted molar refractivity (Wildman–Crippen MR) is 92.6 cm³/mol. The van der Waals surface area contributed by atoms with E-state index >= 15 is 0 Å². The largest absolute Gasteiger partial charge is 0.379 e. The van der Waals surface area contributed by atoms with Gasteiger partial charge in [-0.25, -0.2) is 0 Å². The molecule has 0 spiro atoms. The van der Waals surface area contributed by atoms with Gasteiger partial charge < -0.3 is 28.4 Å². The molecule has 1 rings (SSSR count). The summed E-state index contributed by atoms with van der Waals surface area (Å²) in [5.41, 5.74) is 0. The predicted octanol–water partition coefficient (Wildman–Crippen LogP) is 2.44. The molecule has 6 heteroatoms. The highest BCUT2D eigenvalue weighted by Crippen LogP contribution is 2.05. The Morgan fingerprint density at radius 1 is 0.208 bits per heavy atom. The van der Waals surface area contributed by atoms with E-state index in [2.05, 4.69) is 0 Å². The van der Waals surface area contributed by atoms with Crippen molar-refractivity contribution in [2.45, 2.75) is 38.5 Å². The third-order valence-electron chi connectivity index (χ3n) is 3.69. The molecule has 24 heavy (non-hydrogen) atoms. The average molecular weight is 348 g/mol. The van der Waals surface area contributed by atoms with Gasteiger partial charge >= 0.3 is 0 Å². The SMILES string of the molecule is C1CCCCOCCOCCOCCOCCOCCOCCC1. The summed E-state index contributed by atoms with van der Waals surface area (Å²) >= 11 is 0. The Morgan fingerprint density at radius 3 is 0.708 bits per heavy atom. The van der Waals surface area contributed by atoms with Crippen LogP contribution in [-0.4, -0.2) is 79.3 Å². The van der Waals surface area contributed by atoms with Gasteiger partial charge in [0.25, 0.3) is 0 Å². The molecule has 0 aromatic heterocycles. The van der Waals surface area contributed by atoms with Crippen LogP contribution in [0.5, 0.6) is 0 Å². The number of hydrogen-bond acceptors (Lipinski definition) is 6. The zero-order chi connectivity index (χ0) is 17.0. The normalized spacial score (nSPS) is 24.0. The first-order chi connectivity index (χ1) is 12.0. The quantitative estimate of drug-likeness (QED) is 0.670. The van der Waals surface area contributed by atoms with Gasteiger partial charge in [0.05, 0.1) is 66.1 Å². The fourth-order valence-electron chi connectivity index (χ4n) is 2.32. The molecule has 1 aliphatic heterocycles. The highest BCUT2D eigenvalue weighted by atomic mass is 16.6. The zero-order valence-electron chi connectivity index (χ0n) is 15.2. The Kier molecular flexibility index (Phi) is 17.3. The van der Waals surface area contributed by atoms with Crippen LogP contribution in [0.2, 0.25) is 0 Å². The lowest BCUT2D eigenvalue weighted by Gasteiger charge is -2.09. The molecule has 0 aromatic carbocycles. The lowest BCUT2D eigenvalue weighted by molar-refractivity contribution is -0.0171. The van der Waals surface area contributed by atoms with Crippen molar-refractivity contribution in [3.05, 3.63) is 0 Å². The maximum atomic E-state index is 5.55. The molecule has 1 fully saturated rings. The van der Waals surface area contributed by atoms with Crippen molar-refractivity contribution in [3.63, 3.8) is 0 Å². The first-order valence-electron chi connectivity index (χ1n) is 9.46. The standard InChI is InChI=1S/C18H36O6/c1-2-4-6-8-20-10-12-22-14-16-24-18-17-23-15-13-21-11-9-19-7-5-3-1/h1-18H2. The van der Waals surface area contributed by atoms with Gasteiger partial charge in [0.15, 0.2) is 0 Å². The Morgan fingerprint density at radius 2 is 0.417 bits per heavy atom. The van der Waals surface area contributed by atoms with Crippen LogP contribution in [0.15, 0.2) is 0 Å². The van der Waals surface area contributed by atoms with E-state index in [0.717, 1.165) is 26.1 Å². The van der Waals surface area contributed by atoms with Gasteiger partial charge in [0.2, 0.25) is 0 Å². The van der Waals surface area contributed by atoms with E-state index in [1.165, 1.54) is 25.7 Å². The minimum Gasteiger partial charge on any atom is -0.379 e. The number of ether oxygens (including phenoxy) is 6. The number of hydrogen-bond donors (Lipinski definition) is 0. The summed E-state index contributed by atoms with van der Waals surface area (Å²) in [5.74, 6) is 0. The summed E-state index contributed by atoms with van der Waals surface area (Å²) in [4.78, 5) is 0. The third-order valence-corrected chi connectivity index (χ3v) is 3.69. The lowest BCUT2D eigenvalue weighted by atomic mass is 10.1. The molecule has 6 nitrogen and oxygen atoms in total. The van der Waals surface area contributed by atoms with Gasteiger partial charge in [-0.15, -0.1) is 0 Å². The second-order valence-corrected chi connectivity index (χ2v) is 5.80. The van der Waals surface area contributed by atoms with E-state index in [0.29, 0.717) is 66.1 Å². The molecule has 144 valence electrons. The summed E-state index contributed by atoms with van der Waals surface area (Å²) in [7, 11) is 0. The van der Waals surface area contributed by atoms with E-state index in [-0.39, 0.29) is 0 Å². The maximum absolute atomic E-state index is 5.55. The molecule has 0 bridgehead atoms. The highest BCUT2D eigenvalue weighted by molar-refractivity contribution is 4.46. The van der Waals surface area contributed by atoms with Gasteiger partial charge in [-0.2, -0.15) is 0 Å². The van der Waals surface area contributed by atoms with Crippen LogP contribution in [0.25, 0.3) is 0 Å². The van der Waals surface area contributed by atoms with Crippen molar-refractivity contribution in [2.75, 3.05) is 79.3 Å². The molecule has 0 amide bonds. The van der Waals surface area contributed by atoms with Crippen LogP contribution < -0.4 is 0 Å². The van der Waals surface area contributed by atoms with Crippen LogP contribution in [0.1, 0.15) is 38.5 Å². The molecule has 1 aliphatic rings. The molecule has 1 heterocycles. The fraction of sp³-hybridized carbons (Fsp3) is 1.00. The first-order valence-corrected chi connectivity index (χ1v) is 9.46. The summed E-state index contributed by atoms with van der Waals surface area (Å²) in [5, 5.41) is 0. The van der Waals surface area contributed by atoms with Gasteiger partial charge in [0.1, 0.15) is 0 Å². The Bertz CT molecular complexity index is 130. The Hall–Kier alpha value is -0.240. The van der Waals surface area contributed by atoms with Crippen LogP contribution >= 0.6 is 0 Å². The van der Waals surface area contributed by atoms with Gasteiger partial charge in [-0.1, -0.05) is 25.7 Å². The van der Waals surface area contributed by atoms with E-state index < -0.39 is 0 Å². The molecule has 0 radical (unpaired) electrons. The van der Waals surface area contributed by atoms with Crippen molar-refractivity contribution in [1.29, 1.82) is 0 Å². The van der Waals surface area contributed by atoms with E-state index in [9.17, 15) is 0 Å².